The summed E-state index contributed by atoms with van der Waals surface area (Å²) < 4.78 is 1.06. The van der Waals surface area contributed by atoms with Crippen LogP contribution in [0.15, 0.2) is 28.7 Å². The van der Waals surface area contributed by atoms with Gasteiger partial charge in [0.2, 0.25) is 5.95 Å². The molecule has 0 atom stereocenters. The standard InChI is InChI=1S/C14H15BrN4/c15-10-6-4-9(5-7-10)12-11-3-1-2-8-17-13(11)19-14(16)18-12/h4-7H,1-3,8H2,(H3,16,17,18,19). The lowest BCUT2D eigenvalue weighted by molar-refractivity contribution is 0.785. The molecule has 0 saturated heterocycles. The van der Waals surface area contributed by atoms with E-state index >= 15 is 0 Å². The number of halogens is 1. The molecule has 3 N–H and O–H groups in total. The van der Waals surface area contributed by atoms with Crippen molar-refractivity contribution in [2.45, 2.75) is 19.3 Å². The molecule has 0 aliphatic carbocycles. The number of hydrogen-bond acceptors (Lipinski definition) is 4. The van der Waals surface area contributed by atoms with Crippen LogP contribution in [-0.2, 0) is 6.42 Å². The molecule has 4 nitrogen and oxygen atoms in total. The first kappa shape index (κ1) is 12.4. The Morgan fingerprint density at radius 2 is 1.89 bits per heavy atom. The molecule has 0 amide bonds. The molecule has 98 valence electrons. The topological polar surface area (TPSA) is 63.8 Å². The number of fused-ring (bicyclic) bond motifs is 1. The number of nitrogens with two attached hydrogens (primary N) is 1. The summed E-state index contributed by atoms with van der Waals surface area (Å²) in [5.41, 5.74) is 9.03. The Hall–Kier alpha value is -1.62. The fourth-order valence-electron chi connectivity index (χ4n) is 2.36. The van der Waals surface area contributed by atoms with Crippen LogP contribution >= 0.6 is 15.9 Å². The van der Waals surface area contributed by atoms with Gasteiger partial charge in [0, 0.05) is 22.1 Å². The SMILES string of the molecule is Nc1nc2c(c(-c3ccc(Br)cc3)n1)CCCCN2. The van der Waals surface area contributed by atoms with E-state index in [2.05, 4.69) is 43.3 Å². The van der Waals surface area contributed by atoms with Crippen LogP contribution in [0.5, 0.6) is 0 Å². The average Bonchev–Trinajstić information content (AvgIpc) is 2.64. The maximum Gasteiger partial charge on any atom is 0.222 e. The van der Waals surface area contributed by atoms with Crippen LogP contribution < -0.4 is 11.1 Å². The molecule has 1 aromatic heterocycles. The Morgan fingerprint density at radius 1 is 1.11 bits per heavy atom. The number of nitrogen functional groups attached to an aromatic ring is 1. The fraction of sp³-hybridized carbons (Fsp3) is 0.286. The van der Waals surface area contributed by atoms with E-state index in [1.165, 1.54) is 5.56 Å². The molecular formula is C14H15BrN4. The minimum absolute atomic E-state index is 0.325. The summed E-state index contributed by atoms with van der Waals surface area (Å²) in [5, 5.41) is 3.35. The van der Waals surface area contributed by atoms with E-state index in [0.717, 1.165) is 47.4 Å². The van der Waals surface area contributed by atoms with E-state index in [-0.39, 0.29) is 0 Å². The molecule has 19 heavy (non-hydrogen) atoms. The Balaban J connectivity index is 2.14. The average molecular weight is 319 g/mol. The summed E-state index contributed by atoms with van der Waals surface area (Å²) in [5.74, 6) is 1.22. The van der Waals surface area contributed by atoms with Crippen molar-refractivity contribution in [3.05, 3.63) is 34.3 Å². The predicted molar refractivity (Wildman–Crippen MR) is 81.0 cm³/mol. The second kappa shape index (κ2) is 5.17. The zero-order chi connectivity index (χ0) is 13.2. The summed E-state index contributed by atoms with van der Waals surface area (Å²) in [4.78, 5) is 8.76. The van der Waals surface area contributed by atoms with Gasteiger partial charge < -0.3 is 11.1 Å². The van der Waals surface area contributed by atoms with Gasteiger partial charge in [-0.1, -0.05) is 28.1 Å². The van der Waals surface area contributed by atoms with Crippen LogP contribution in [0.4, 0.5) is 11.8 Å². The van der Waals surface area contributed by atoms with Crippen molar-refractivity contribution in [2.24, 2.45) is 0 Å². The molecule has 1 aromatic carbocycles. The number of hydrogen-bond donors (Lipinski definition) is 2. The van der Waals surface area contributed by atoms with Crippen LogP contribution in [0, 0.1) is 0 Å². The van der Waals surface area contributed by atoms with Crippen LogP contribution in [0.1, 0.15) is 18.4 Å². The highest BCUT2D eigenvalue weighted by Gasteiger charge is 2.16. The summed E-state index contributed by atoms with van der Waals surface area (Å²) in [6.07, 6.45) is 3.29. The maximum absolute atomic E-state index is 5.83. The summed E-state index contributed by atoms with van der Waals surface area (Å²) in [7, 11) is 0. The van der Waals surface area contributed by atoms with E-state index in [4.69, 9.17) is 5.73 Å². The van der Waals surface area contributed by atoms with Gasteiger partial charge in [-0.15, -0.1) is 0 Å². The lowest BCUT2D eigenvalue weighted by Gasteiger charge is -2.12. The minimum Gasteiger partial charge on any atom is -0.370 e. The molecule has 0 bridgehead atoms. The van der Waals surface area contributed by atoms with Crippen LogP contribution in [0.3, 0.4) is 0 Å². The fourth-order valence-corrected chi connectivity index (χ4v) is 2.63. The molecule has 1 aliphatic heterocycles. The quantitative estimate of drug-likeness (QED) is 0.847. The van der Waals surface area contributed by atoms with E-state index in [0.29, 0.717) is 5.95 Å². The first-order chi connectivity index (χ1) is 9.24. The zero-order valence-corrected chi connectivity index (χ0v) is 12.1. The second-order valence-electron chi connectivity index (χ2n) is 4.65. The van der Waals surface area contributed by atoms with Gasteiger partial charge in [0.05, 0.1) is 5.69 Å². The third-order valence-electron chi connectivity index (χ3n) is 3.29. The molecule has 0 saturated carbocycles. The van der Waals surface area contributed by atoms with E-state index in [1.54, 1.807) is 0 Å². The van der Waals surface area contributed by atoms with E-state index in [1.807, 2.05) is 12.1 Å². The maximum atomic E-state index is 5.83. The van der Waals surface area contributed by atoms with E-state index < -0.39 is 0 Å². The van der Waals surface area contributed by atoms with Crippen molar-refractivity contribution in [2.75, 3.05) is 17.6 Å². The number of nitrogens with one attached hydrogen (secondary N) is 1. The van der Waals surface area contributed by atoms with Gasteiger partial charge in [0.15, 0.2) is 0 Å². The Kier molecular flexibility index (Phi) is 3.38. The molecule has 2 heterocycles. The van der Waals surface area contributed by atoms with E-state index in [9.17, 15) is 0 Å². The molecule has 5 heteroatoms. The Labute approximate surface area is 120 Å². The predicted octanol–water partition coefficient (Wildman–Crippen LogP) is 3.24. The first-order valence-corrected chi connectivity index (χ1v) is 7.19. The monoisotopic (exact) mass is 318 g/mol. The summed E-state index contributed by atoms with van der Waals surface area (Å²) in [6.45, 7) is 0.948. The van der Waals surface area contributed by atoms with Gasteiger partial charge in [0.1, 0.15) is 5.82 Å². The highest BCUT2D eigenvalue weighted by Crippen LogP contribution is 2.30. The second-order valence-corrected chi connectivity index (χ2v) is 5.56. The smallest absolute Gasteiger partial charge is 0.222 e. The van der Waals surface area contributed by atoms with Crippen molar-refractivity contribution in [3.63, 3.8) is 0 Å². The van der Waals surface area contributed by atoms with Gasteiger partial charge in [0.25, 0.3) is 0 Å². The van der Waals surface area contributed by atoms with Crippen molar-refractivity contribution >= 4 is 27.7 Å². The number of rotatable bonds is 1. The zero-order valence-electron chi connectivity index (χ0n) is 10.5. The van der Waals surface area contributed by atoms with Crippen molar-refractivity contribution in [3.8, 4) is 11.3 Å². The number of benzene rings is 1. The molecule has 0 fully saturated rings. The Bertz CT molecular complexity index is 595. The first-order valence-electron chi connectivity index (χ1n) is 6.40. The Morgan fingerprint density at radius 3 is 2.68 bits per heavy atom. The molecule has 0 radical (unpaired) electrons. The third-order valence-corrected chi connectivity index (χ3v) is 3.82. The van der Waals surface area contributed by atoms with Gasteiger partial charge in [-0.05, 0) is 31.4 Å². The van der Waals surface area contributed by atoms with Crippen molar-refractivity contribution < 1.29 is 0 Å². The molecular weight excluding hydrogens is 304 g/mol. The lowest BCUT2D eigenvalue weighted by atomic mass is 10.0. The van der Waals surface area contributed by atoms with Crippen molar-refractivity contribution in [1.82, 2.24) is 9.97 Å². The van der Waals surface area contributed by atoms with Gasteiger partial charge in [-0.2, -0.15) is 4.98 Å². The summed E-state index contributed by atoms with van der Waals surface area (Å²) >= 11 is 3.45. The normalized spacial score (nSPS) is 14.4. The molecule has 1 aliphatic rings. The van der Waals surface area contributed by atoms with Crippen LogP contribution in [0.2, 0.25) is 0 Å². The van der Waals surface area contributed by atoms with Gasteiger partial charge >= 0.3 is 0 Å². The minimum atomic E-state index is 0.325. The molecule has 0 unspecified atom stereocenters. The highest BCUT2D eigenvalue weighted by atomic mass is 79.9. The van der Waals surface area contributed by atoms with Gasteiger partial charge in [-0.25, -0.2) is 4.98 Å². The van der Waals surface area contributed by atoms with Gasteiger partial charge in [-0.3, -0.25) is 0 Å². The number of nitrogens with zero attached hydrogens (tertiary/aromatic N) is 2. The lowest BCUT2D eigenvalue weighted by Crippen LogP contribution is -2.07. The molecule has 3 rings (SSSR count). The summed E-state index contributed by atoms with van der Waals surface area (Å²) in [6, 6.07) is 8.14. The van der Waals surface area contributed by atoms with Crippen molar-refractivity contribution in [1.29, 1.82) is 0 Å². The highest BCUT2D eigenvalue weighted by molar-refractivity contribution is 9.10. The largest absolute Gasteiger partial charge is 0.370 e. The number of anilines is 2. The third kappa shape index (κ3) is 2.56. The van der Waals surface area contributed by atoms with Crippen LogP contribution in [-0.4, -0.2) is 16.5 Å². The molecule has 2 aromatic rings. The molecule has 0 spiro atoms. The van der Waals surface area contributed by atoms with Crippen LogP contribution in [0.25, 0.3) is 11.3 Å². The number of aromatic nitrogens is 2.